The van der Waals surface area contributed by atoms with Gasteiger partial charge in [0, 0.05) is 6.07 Å². The van der Waals surface area contributed by atoms with Crippen LogP contribution in [0.25, 0.3) is 0 Å². The molecule has 1 heterocycles. The number of benzene rings is 1. The molecule has 0 aliphatic rings. The molecule has 0 bridgehead atoms. The topological polar surface area (TPSA) is 79.8 Å². The lowest BCUT2D eigenvalue weighted by atomic mass is 10.2. The Morgan fingerprint density at radius 2 is 1.76 bits per heavy atom. The normalized spacial score (nSPS) is 8.41. The quantitative estimate of drug-likeness (QED) is 0.553. The lowest BCUT2D eigenvalue weighted by Crippen LogP contribution is -1.88. The Balaban J connectivity index is 0.000000171. The van der Waals surface area contributed by atoms with Crippen LogP contribution in [-0.2, 0) is 0 Å². The molecule has 1 aromatic heterocycles. The molecule has 0 atom stereocenters. The molecule has 0 fully saturated rings. The maximum atomic E-state index is 9.94. The molecule has 0 radical (unpaired) electrons. The number of nitriles is 1. The minimum atomic E-state index is -0.528. The minimum Gasteiger partial charge on any atom is -0.358 e. The van der Waals surface area contributed by atoms with E-state index in [0.717, 1.165) is 0 Å². The first-order valence-electron chi connectivity index (χ1n) is 4.74. The Kier molecular flexibility index (Phi) is 4.85. The van der Waals surface area contributed by atoms with Gasteiger partial charge < -0.3 is 10.1 Å². The van der Waals surface area contributed by atoms with Crippen molar-refractivity contribution in [3.05, 3.63) is 70.4 Å². The summed E-state index contributed by atoms with van der Waals surface area (Å²) in [5.41, 5.74) is 0.715. The lowest BCUT2D eigenvalue weighted by Gasteiger charge is -1.86. The zero-order valence-electron chi connectivity index (χ0n) is 8.85. The highest BCUT2D eigenvalue weighted by Gasteiger charge is 2.00. The van der Waals surface area contributed by atoms with Crippen molar-refractivity contribution in [3.8, 4) is 6.07 Å². The van der Waals surface area contributed by atoms with Gasteiger partial charge in [0.2, 0.25) is 0 Å². The zero-order valence-corrected chi connectivity index (χ0v) is 8.85. The molecule has 17 heavy (non-hydrogen) atoms. The highest BCUT2D eigenvalue weighted by Crippen LogP contribution is 2.01. The molecule has 0 N–H and O–H groups in total. The van der Waals surface area contributed by atoms with Crippen LogP contribution in [0.3, 0.4) is 0 Å². The van der Waals surface area contributed by atoms with E-state index in [1.54, 1.807) is 24.3 Å². The van der Waals surface area contributed by atoms with E-state index in [1.165, 1.54) is 12.3 Å². The van der Waals surface area contributed by atoms with Gasteiger partial charge in [-0.15, -0.1) is 0 Å². The van der Waals surface area contributed by atoms with Crippen molar-refractivity contribution in [2.24, 2.45) is 0 Å². The van der Waals surface area contributed by atoms with E-state index in [-0.39, 0.29) is 5.82 Å². The SMILES string of the molecule is N#Cc1ccccc1.O=[N+]([O-])c1ccccn1. The van der Waals surface area contributed by atoms with E-state index >= 15 is 0 Å². The van der Waals surface area contributed by atoms with Gasteiger partial charge in [-0.2, -0.15) is 5.26 Å². The highest BCUT2D eigenvalue weighted by atomic mass is 16.6. The Labute approximate surface area is 98.1 Å². The average molecular weight is 227 g/mol. The molecule has 84 valence electrons. The first-order valence-corrected chi connectivity index (χ1v) is 4.74. The fourth-order valence-corrected chi connectivity index (χ4v) is 0.974. The van der Waals surface area contributed by atoms with E-state index in [2.05, 4.69) is 4.98 Å². The largest absolute Gasteiger partial charge is 0.363 e. The molecule has 5 nitrogen and oxygen atoms in total. The summed E-state index contributed by atoms with van der Waals surface area (Å²) in [4.78, 5) is 12.9. The van der Waals surface area contributed by atoms with Gasteiger partial charge in [-0.1, -0.05) is 24.3 Å². The van der Waals surface area contributed by atoms with Crippen LogP contribution in [0.1, 0.15) is 5.56 Å². The van der Waals surface area contributed by atoms with Gasteiger partial charge in [-0.3, -0.25) is 0 Å². The number of aromatic nitrogens is 1. The van der Waals surface area contributed by atoms with Crippen LogP contribution in [0.5, 0.6) is 0 Å². The van der Waals surface area contributed by atoms with Gasteiger partial charge in [-0.25, -0.2) is 0 Å². The number of nitro groups is 1. The molecule has 5 heteroatoms. The summed E-state index contributed by atoms with van der Waals surface area (Å²) in [6, 6.07) is 15.7. The van der Waals surface area contributed by atoms with E-state index in [4.69, 9.17) is 5.26 Å². The van der Waals surface area contributed by atoms with E-state index in [0.29, 0.717) is 5.56 Å². The maximum absolute atomic E-state index is 9.94. The summed E-state index contributed by atoms with van der Waals surface area (Å²) in [6.45, 7) is 0. The third-order valence-corrected chi connectivity index (χ3v) is 1.74. The molecule has 0 amide bonds. The number of hydrogen-bond donors (Lipinski definition) is 0. The van der Waals surface area contributed by atoms with Gasteiger partial charge in [0.25, 0.3) is 0 Å². The Hall–Kier alpha value is -2.74. The molecule has 0 saturated heterocycles. The summed E-state index contributed by atoms with van der Waals surface area (Å²) >= 11 is 0. The summed E-state index contributed by atoms with van der Waals surface area (Å²) in [5.74, 6) is -0.113. The molecule has 0 spiro atoms. The first-order chi connectivity index (χ1) is 8.24. The van der Waals surface area contributed by atoms with E-state index in [1.807, 2.05) is 24.3 Å². The van der Waals surface area contributed by atoms with E-state index in [9.17, 15) is 10.1 Å². The lowest BCUT2D eigenvalue weighted by molar-refractivity contribution is -0.389. The number of pyridine rings is 1. The molecule has 2 rings (SSSR count). The van der Waals surface area contributed by atoms with Gasteiger partial charge in [0.05, 0.1) is 11.6 Å². The van der Waals surface area contributed by atoms with Crippen LogP contribution < -0.4 is 0 Å². The number of nitrogens with zero attached hydrogens (tertiary/aromatic N) is 3. The monoisotopic (exact) mass is 227 g/mol. The Morgan fingerprint density at radius 3 is 2.12 bits per heavy atom. The third-order valence-electron chi connectivity index (χ3n) is 1.74. The molecule has 0 aliphatic carbocycles. The average Bonchev–Trinajstić information content (AvgIpc) is 2.41. The van der Waals surface area contributed by atoms with Crippen molar-refractivity contribution in [1.82, 2.24) is 4.98 Å². The Bertz CT molecular complexity index is 506. The molecular weight excluding hydrogens is 218 g/mol. The van der Waals surface area contributed by atoms with Crippen molar-refractivity contribution < 1.29 is 4.92 Å². The summed E-state index contributed by atoms with van der Waals surface area (Å²) in [6.07, 6.45) is 1.39. The van der Waals surface area contributed by atoms with Crippen LogP contribution in [0, 0.1) is 21.4 Å². The first kappa shape index (κ1) is 12.3. The third kappa shape index (κ3) is 4.53. The number of hydrogen-bond acceptors (Lipinski definition) is 4. The fraction of sp³-hybridized carbons (Fsp3) is 0. The highest BCUT2D eigenvalue weighted by molar-refractivity contribution is 5.27. The standard InChI is InChI=1S/C7H5N.C5H4N2O2/c8-6-7-4-2-1-3-5-7;8-7(9)5-3-1-2-4-6-5/h1-5H;1-4H. The van der Waals surface area contributed by atoms with Gasteiger partial charge in [0.1, 0.15) is 6.20 Å². The van der Waals surface area contributed by atoms with Crippen LogP contribution in [-0.4, -0.2) is 9.91 Å². The van der Waals surface area contributed by atoms with Crippen LogP contribution >= 0.6 is 0 Å². The summed E-state index contributed by atoms with van der Waals surface area (Å²) in [7, 11) is 0. The van der Waals surface area contributed by atoms with Crippen molar-refractivity contribution >= 4 is 5.82 Å². The predicted molar refractivity (Wildman–Crippen MR) is 62.0 cm³/mol. The zero-order chi connectivity index (χ0) is 12.5. The van der Waals surface area contributed by atoms with Crippen LogP contribution in [0.4, 0.5) is 5.82 Å². The molecule has 0 unspecified atom stereocenters. The smallest absolute Gasteiger partial charge is 0.358 e. The Morgan fingerprint density at radius 1 is 1.12 bits per heavy atom. The molecule has 0 aliphatic heterocycles. The summed E-state index contributed by atoms with van der Waals surface area (Å²) in [5, 5.41) is 18.2. The van der Waals surface area contributed by atoms with Crippen molar-refractivity contribution in [2.75, 3.05) is 0 Å². The van der Waals surface area contributed by atoms with Crippen LogP contribution in [0.2, 0.25) is 0 Å². The van der Waals surface area contributed by atoms with Crippen LogP contribution in [0.15, 0.2) is 54.7 Å². The second kappa shape index (κ2) is 6.69. The number of rotatable bonds is 1. The fourth-order valence-electron chi connectivity index (χ4n) is 0.974. The van der Waals surface area contributed by atoms with Gasteiger partial charge in [0.15, 0.2) is 0 Å². The molecular formula is C12H9N3O2. The second-order valence-electron chi connectivity index (χ2n) is 2.92. The van der Waals surface area contributed by atoms with Crippen molar-refractivity contribution in [3.63, 3.8) is 0 Å². The predicted octanol–water partition coefficient (Wildman–Crippen LogP) is 2.55. The molecule has 0 saturated carbocycles. The minimum absolute atomic E-state index is 0.113. The maximum Gasteiger partial charge on any atom is 0.363 e. The molecule has 1 aromatic carbocycles. The second-order valence-corrected chi connectivity index (χ2v) is 2.92. The van der Waals surface area contributed by atoms with E-state index < -0.39 is 4.92 Å². The van der Waals surface area contributed by atoms with Crippen molar-refractivity contribution in [2.45, 2.75) is 0 Å². The van der Waals surface area contributed by atoms with Gasteiger partial charge >= 0.3 is 5.82 Å². The molecule has 2 aromatic rings. The van der Waals surface area contributed by atoms with Crippen molar-refractivity contribution in [1.29, 1.82) is 5.26 Å². The summed E-state index contributed by atoms with van der Waals surface area (Å²) < 4.78 is 0. The van der Waals surface area contributed by atoms with Gasteiger partial charge in [-0.05, 0) is 28.1 Å².